The van der Waals surface area contributed by atoms with Gasteiger partial charge in [-0.05, 0) is 43.7 Å². The zero-order chi connectivity index (χ0) is 21.0. The number of ether oxygens (including phenoxy) is 2. The van der Waals surface area contributed by atoms with Gasteiger partial charge in [0.1, 0.15) is 11.5 Å². The summed E-state index contributed by atoms with van der Waals surface area (Å²) in [5.74, 6) is -0.0283. The molecule has 7 heteroatoms. The van der Waals surface area contributed by atoms with Crippen LogP contribution in [0.3, 0.4) is 0 Å². The van der Waals surface area contributed by atoms with E-state index in [1.165, 1.54) is 20.3 Å². The third kappa shape index (κ3) is 3.99. The molecule has 0 fully saturated rings. The van der Waals surface area contributed by atoms with Crippen molar-refractivity contribution < 1.29 is 23.5 Å². The number of carbonyl (C=O) groups is 2. The van der Waals surface area contributed by atoms with Gasteiger partial charge in [-0.25, -0.2) is 14.6 Å². The summed E-state index contributed by atoms with van der Waals surface area (Å²) in [5.41, 5.74) is 2.43. The highest BCUT2D eigenvalue weighted by molar-refractivity contribution is 6.05. The van der Waals surface area contributed by atoms with Crippen LogP contribution in [0.1, 0.15) is 18.4 Å². The van der Waals surface area contributed by atoms with E-state index < -0.39 is 11.9 Å². The van der Waals surface area contributed by atoms with Gasteiger partial charge in [0, 0.05) is 17.5 Å². The number of benzene rings is 1. The van der Waals surface area contributed by atoms with Gasteiger partial charge in [0.15, 0.2) is 0 Å². The van der Waals surface area contributed by atoms with Crippen LogP contribution in [0.25, 0.3) is 11.5 Å². The molecule has 1 aliphatic heterocycles. The van der Waals surface area contributed by atoms with E-state index in [4.69, 9.17) is 13.9 Å². The van der Waals surface area contributed by atoms with Crippen molar-refractivity contribution in [1.82, 2.24) is 4.98 Å². The molecule has 0 saturated heterocycles. The highest BCUT2D eigenvalue weighted by Crippen LogP contribution is 2.30. The predicted molar refractivity (Wildman–Crippen MR) is 108 cm³/mol. The highest BCUT2D eigenvalue weighted by Gasteiger charge is 2.27. The maximum atomic E-state index is 12.5. The predicted octanol–water partition coefficient (Wildman–Crippen LogP) is 3.70. The zero-order valence-corrected chi connectivity index (χ0v) is 16.8. The Hall–Kier alpha value is -3.61. The van der Waals surface area contributed by atoms with E-state index in [1.54, 1.807) is 23.3 Å². The van der Waals surface area contributed by atoms with E-state index in [2.05, 4.69) is 4.98 Å². The van der Waals surface area contributed by atoms with Gasteiger partial charge < -0.3 is 18.8 Å². The van der Waals surface area contributed by atoms with Crippen LogP contribution in [0.15, 0.2) is 64.4 Å². The average molecular weight is 394 g/mol. The minimum Gasteiger partial charge on any atom is -0.465 e. The van der Waals surface area contributed by atoms with E-state index >= 15 is 0 Å². The Morgan fingerprint density at radius 1 is 1.14 bits per heavy atom. The molecule has 0 amide bonds. The summed E-state index contributed by atoms with van der Waals surface area (Å²) in [6, 6.07) is 7.34. The van der Waals surface area contributed by atoms with Gasteiger partial charge in [0.25, 0.3) is 0 Å². The van der Waals surface area contributed by atoms with Gasteiger partial charge in [-0.3, -0.25) is 0 Å². The number of nitrogens with zero attached hydrogens (tertiary/aromatic N) is 2. The van der Waals surface area contributed by atoms with Crippen molar-refractivity contribution in [2.75, 3.05) is 19.1 Å². The second kappa shape index (κ2) is 8.60. The minimum atomic E-state index is -0.660. The lowest BCUT2D eigenvalue weighted by atomic mass is 10.1. The molecule has 0 atom stereocenters. The average Bonchev–Trinajstić information content (AvgIpc) is 2.99. The summed E-state index contributed by atoms with van der Waals surface area (Å²) < 4.78 is 15.6. The van der Waals surface area contributed by atoms with Crippen molar-refractivity contribution >= 4 is 17.6 Å². The van der Waals surface area contributed by atoms with Gasteiger partial charge in [-0.15, -0.1) is 0 Å². The molecule has 0 spiro atoms. The summed E-state index contributed by atoms with van der Waals surface area (Å²) >= 11 is 0. The standard InChI is InChI=1S/C22H22N2O5/c1-5-18-14(2)29-20(23-18)15-9-8-10-16(13-15)24-12-7-6-11-17(21(25)27-3)19(24)22(26)28-4/h6-13H,5H2,1-4H3. The van der Waals surface area contributed by atoms with Crippen LogP contribution in [-0.2, 0) is 25.5 Å². The van der Waals surface area contributed by atoms with Crippen molar-refractivity contribution in [2.45, 2.75) is 20.3 Å². The van der Waals surface area contributed by atoms with Crippen LogP contribution in [-0.4, -0.2) is 31.1 Å². The van der Waals surface area contributed by atoms with Crippen molar-refractivity contribution in [1.29, 1.82) is 0 Å². The van der Waals surface area contributed by atoms with Crippen LogP contribution in [0.4, 0.5) is 5.69 Å². The SMILES string of the molecule is CCc1nc(-c2cccc(N3C=CC=CC(C(=O)OC)=C3C(=O)OC)c2)oc1C. The summed E-state index contributed by atoms with van der Waals surface area (Å²) in [6.45, 7) is 3.89. The molecule has 150 valence electrons. The fourth-order valence-corrected chi connectivity index (χ4v) is 3.03. The van der Waals surface area contributed by atoms with Gasteiger partial charge in [-0.1, -0.05) is 19.1 Å². The smallest absolute Gasteiger partial charge is 0.355 e. The van der Waals surface area contributed by atoms with Crippen LogP contribution in [0.5, 0.6) is 0 Å². The molecule has 3 rings (SSSR count). The first-order valence-electron chi connectivity index (χ1n) is 9.11. The topological polar surface area (TPSA) is 81.9 Å². The van der Waals surface area contributed by atoms with Crippen molar-refractivity contribution in [2.24, 2.45) is 0 Å². The highest BCUT2D eigenvalue weighted by atomic mass is 16.5. The summed E-state index contributed by atoms with van der Waals surface area (Å²) in [5, 5.41) is 0. The molecule has 0 saturated carbocycles. The maximum Gasteiger partial charge on any atom is 0.355 e. The summed E-state index contributed by atoms with van der Waals surface area (Å²) in [6.07, 6.45) is 7.34. The molecule has 1 aliphatic rings. The van der Waals surface area contributed by atoms with Gasteiger partial charge in [0.2, 0.25) is 5.89 Å². The van der Waals surface area contributed by atoms with Crippen molar-refractivity contribution in [3.8, 4) is 11.5 Å². The third-order valence-electron chi connectivity index (χ3n) is 4.49. The zero-order valence-electron chi connectivity index (χ0n) is 16.8. The normalized spacial score (nSPS) is 13.4. The Bertz CT molecular complexity index is 1030. The summed E-state index contributed by atoms with van der Waals surface area (Å²) in [7, 11) is 2.52. The van der Waals surface area contributed by atoms with E-state index in [1.807, 2.05) is 38.1 Å². The Labute approximate surface area is 168 Å². The second-order valence-corrected chi connectivity index (χ2v) is 6.24. The van der Waals surface area contributed by atoms with Crippen LogP contribution < -0.4 is 4.90 Å². The molecule has 2 aromatic rings. The molecule has 0 N–H and O–H groups in total. The number of carbonyl (C=O) groups excluding carboxylic acids is 2. The van der Waals surface area contributed by atoms with E-state index in [0.29, 0.717) is 11.6 Å². The number of aryl methyl sites for hydroxylation is 2. The number of aromatic nitrogens is 1. The monoisotopic (exact) mass is 394 g/mol. The lowest BCUT2D eigenvalue weighted by Gasteiger charge is -2.23. The molecule has 7 nitrogen and oxygen atoms in total. The molecular weight excluding hydrogens is 372 g/mol. The van der Waals surface area contributed by atoms with Gasteiger partial charge in [-0.2, -0.15) is 0 Å². The Morgan fingerprint density at radius 2 is 1.90 bits per heavy atom. The van der Waals surface area contributed by atoms with Crippen LogP contribution in [0, 0.1) is 6.92 Å². The second-order valence-electron chi connectivity index (χ2n) is 6.24. The molecule has 2 heterocycles. The largest absolute Gasteiger partial charge is 0.465 e. The Morgan fingerprint density at radius 3 is 2.55 bits per heavy atom. The number of allylic oxidation sites excluding steroid dienone is 2. The van der Waals surface area contributed by atoms with E-state index in [0.717, 1.165) is 23.4 Å². The molecule has 1 aromatic carbocycles. The van der Waals surface area contributed by atoms with Crippen LogP contribution in [0.2, 0.25) is 0 Å². The number of hydrogen-bond acceptors (Lipinski definition) is 7. The first-order valence-corrected chi connectivity index (χ1v) is 9.11. The van der Waals surface area contributed by atoms with Gasteiger partial charge in [0.05, 0.1) is 25.5 Å². The fourth-order valence-electron chi connectivity index (χ4n) is 3.03. The Kier molecular flexibility index (Phi) is 5.97. The first-order chi connectivity index (χ1) is 14.0. The molecule has 0 radical (unpaired) electrons. The van der Waals surface area contributed by atoms with Crippen LogP contribution >= 0.6 is 0 Å². The number of methoxy groups -OCH3 is 2. The van der Waals surface area contributed by atoms with Crippen molar-refractivity contribution in [3.63, 3.8) is 0 Å². The lowest BCUT2D eigenvalue weighted by molar-refractivity contribution is -0.139. The first kappa shape index (κ1) is 20.1. The molecule has 0 bridgehead atoms. The molecule has 29 heavy (non-hydrogen) atoms. The van der Waals surface area contributed by atoms with E-state index in [9.17, 15) is 9.59 Å². The number of esters is 2. The van der Waals surface area contributed by atoms with Gasteiger partial charge >= 0.3 is 11.9 Å². The molecule has 1 aromatic heterocycles. The number of oxazole rings is 1. The lowest BCUT2D eigenvalue weighted by Crippen LogP contribution is -2.26. The quantitative estimate of drug-likeness (QED) is 0.715. The van der Waals surface area contributed by atoms with Crippen molar-refractivity contribution in [3.05, 3.63) is 71.4 Å². The number of anilines is 1. The Balaban J connectivity index is 2.12. The number of hydrogen-bond donors (Lipinski definition) is 0. The minimum absolute atomic E-state index is 0.0549. The van der Waals surface area contributed by atoms with E-state index in [-0.39, 0.29) is 11.3 Å². The molecular formula is C22H22N2O5. The fraction of sp³-hybridized carbons (Fsp3) is 0.227. The molecule has 0 unspecified atom stereocenters. The maximum absolute atomic E-state index is 12.5. The third-order valence-corrected chi connectivity index (χ3v) is 4.49. The summed E-state index contributed by atoms with van der Waals surface area (Å²) in [4.78, 5) is 30.9. The molecule has 0 aliphatic carbocycles. The number of rotatable bonds is 5.